The van der Waals surface area contributed by atoms with E-state index in [0.717, 1.165) is 0 Å². The Kier molecular flexibility index (Phi) is 1.60. The lowest BCUT2D eigenvalue weighted by atomic mass is 9.98. The van der Waals surface area contributed by atoms with E-state index in [9.17, 15) is 0 Å². The number of hydrogen-bond donors (Lipinski definition) is 0. The number of hydrogen-bond acceptors (Lipinski definition) is 1. The third-order valence-corrected chi connectivity index (χ3v) is 2.75. The second kappa shape index (κ2) is 2.51. The maximum Gasteiger partial charge on any atom is 0.0402 e. The van der Waals surface area contributed by atoms with Crippen LogP contribution in [0.5, 0.6) is 0 Å². The van der Waals surface area contributed by atoms with Crippen LogP contribution >= 0.6 is 0 Å². The Bertz CT molecular complexity index is 304. The van der Waals surface area contributed by atoms with E-state index in [0.29, 0.717) is 5.92 Å². The van der Waals surface area contributed by atoms with Crippen LogP contribution in [-0.2, 0) is 0 Å². The lowest BCUT2D eigenvalue weighted by Crippen LogP contribution is -2.13. The highest BCUT2D eigenvalue weighted by atomic mass is 15.1. The molecule has 1 nitrogen and oxygen atoms in total. The normalized spacial score (nSPS) is 21.2. The average Bonchev–Trinajstić information content (AvgIpc) is 2.29. The monoisotopic (exact) mass is 161 g/mol. The molecular formula is C11H15N. The van der Waals surface area contributed by atoms with Gasteiger partial charge in [-0.2, -0.15) is 0 Å². The van der Waals surface area contributed by atoms with Crippen molar-refractivity contribution >= 4 is 5.69 Å². The van der Waals surface area contributed by atoms with Gasteiger partial charge in [-0.3, -0.25) is 0 Å². The molecule has 64 valence electrons. The SMILES string of the molecule is Cc1cccc2c1C(C)CN2C. The lowest BCUT2D eigenvalue weighted by Gasteiger charge is -2.11. The van der Waals surface area contributed by atoms with Gasteiger partial charge < -0.3 is 4.90 Å². The lowest BCUT2D eigenvalue weighted by molar-refractivity contribution is 0.792. The van der Waals surface area contributed by atoms with Crippen molar-refractivity contribution in [3.8, 4) is 0 Å². The molecule has 0 saturated carbocycles. The van der Waals surface area contributed by atoms with Crippen LogP contribution in [0.1, 0.15) is 24.0 Å². The molecule has 0 amide bonds. The van der Waals surface area contributed by atoms with Crippen LogP contribution in [0.15, 0.2) is 18.2 Å². The van der Waals surface area contributed by atoms with Gasteiger partial charge in [0.25, 0.3) is 0 Å². The Labute approximate surface area is 74.0 Å². The van der Waals surface area contributed by atoms with Gasteiger partial charge in [-0.25, -0.2) is 0 Å². The maximum absolute atomic E-state index is 2.34. The molecule has 2 rings (SSSR count). The summed E-state index contributed by atoms with van der Waals surface area (Å²) in [7, 11) is 2.17. The summed E-state index contributed by atoms with van der Waals surface area (Å²) in [6.07, 6.45) is 0. The van der Waals surface area contributed by atoms with Gasteiger partial charge in [-0.15, -0.1) is 0 Å². The zero-order chi connectivity index (χ0) is 8.72. The summed E-state index contributed by atoms with van der Waals surface area (Å²) < 4.78 is 0. The van der Waals surface area contributed by atoms with Crippen molar-refractivity contribution < 1.29 is 0 Å². The molecular weight excluding hydrogens is 146 g/mol. The molecule has 0 aromatic heterocycles. The Morgan fingerprint density at radius 1 is 1.42 bits per heavy atom. The summed E-state index contributed by atoms with van der Waals surface area (Å²) in [5, 5.41) is 0. The molecule has 1 aromatic carbocycles. The molecule has 0 fully saturated rings. The molecule has 12 heavy (non-hydrogen) atoms. The molecule has 0 saturated heterocycles. The van der Waals surface area contributed by atoms with E-state index in [1.54, 1.807) is 5.56 Å². The quantitative estimate of drug-likeness (QED) is 0.565. The number of rotatable bonds is 0. The second-order valence-corrected chi connectivity index (χ2v) is 3.79. The van der Waals surface area contributed by atoms with Crippen molar-refractivity contribution in [2.24, 2.45) is 0 Å². The fraction of sp³-hybridized carbons (Fsp3) is 0.455. The fourth-order valence-corrected chi connectivity index (χ4v) is 2.24. The summed E-state index contributed by atoms with van der Waals surface area (Å²) in [6, 6.07) is 6.56. The number of likely N-dealkylation sites (N-methyl/N-ethyl adjacent to an activating group) is 1. The molecule has 0 spiro atoms. The van der Waals surface area contributed by atoms with Crippen molar-refractivity contribution in [1.82, 2.24) is 0 Å². The third kappa shape index (κ3) is 0.927. The smallest absolute Gasteiger partial charge is 0.0402 e. The van der Waals surface area contributed by atoms with Gasteiger partial charge in [0, 0.05) is 25.2 Å². The first kappa shape index (κ1) is 7.66. The topological polar surface area (TPSA) is 3.24 Å². The molecule has 0 radical (unpaired) electrons. The highest BCUT2D eigenvalue weighted by Gasteiger charge is 2.23. The van der Waals surface area contributed by atoms with E-state index < -0.39 is 0 Å². The molecule has 1 aliphatic rings. The van der Waals surface area contributed by atoms with Crippen LogP contribution in [-0.4, -0.2) is 13.6 Å². The van der Waals surface area contributed by atoms with Gasteiger partial charge in [0.1, 0.15) is 0 Å². The first-order valence-corrected chi connectivity index (χ1v) is 4.51. The highest BCUT2D eigenvalue weighted by molar-refractivity contribution is 5.62. The van der Waals surface area contributed by atoms with Gasteiger partial charge in [0.2, 0.25) is 0 Å². The number of nitrogens with zero attached hydrogens (tertiary/aromatic N) is 1. The molecule has 0 aliphatic carbocycles. The van der Waals surface area contributed by atoms with E-state index in [1.165, 1.54) is 17.8 Å². The zero-order valence-electron chi connectivity index (χ0n) is 7.96. The van der Waals surface area contributed by atoms with E-state index >= 15 is 0 Å². The van der Waals surface area contributed by atoms with Crippen molar-refractivity contribution in [1.29, 1.82) is 0 Å². The minimum atomic E-state index is 0.700. The van der Waals surface area contributed by atoms with E-state index in [1.807, 2.05) is 0 Å². The average molecular weight is 161 g/mol. The van der Waals surface area contributed by atoms with Crippen LogP contribution in [0.2, 0.25) is 0 Å². The van der Waals surface area contributed by atoms with Gasteiger partial charge in [0.05, 0.1) is 0 Å². The minimum absolute atomic E-state index is 0.700. The standard InChI is InChI=1S/C11H15N/c1-8-5-4-6-10-11(8)9(2)7-12(10)3/h4-6,9H,7H2,1-3H3. The summed E-state index contributed by atoms with van der Waals surface area (Å²) in [5.74, 6) is 0.700. The largest absolute Gasteiger partial charge is 0.374 e. The molecule has 1 atom stereocenters. The van der Waals surface area contributed by atoms with Crippen molar-refractivity contribution in [3.05, 3.63) is 29.3 Å². The number of aryl methyl sites for hydroxylation is 1. The maximum atomic E-state index is 2.34. The Morgan fingerprint density at radius 3 is 2.83 bits per heavy atom. The number of benzene rings is 1. The zero-order valence-corrected chi connectivity index (χ0v) is 7.96. The summed E-state index contributed by atoms with van der Waals surface area (Å²) in [4.78, 5) is 2.34. The summed E-state index contributed by atoms with van der Waals surface area (Å²) in [5.41, 5.74) is 4.40. The van der Waals surface area contributed by atoms with Crippen LogP contribution in [0, 0.1) is 6.92 Å². The Hall–Kier alpha value is -0.980. The molecule has 1 heteroatoms. The molecule has 1 heterocycles. The van der Waals surface area contributed by atoms with Gasteiger partial charge in [-0.1, -0.05) is 19.1 Å². The number of fused-ring (bicyclic) bond motifs is 1. The molecule has 1 aliphatic heterocycles. The fourth-order valence-electron chi connectivity index (χ4n) is 2.24. The highest BCUT2D eigenvalue weighted by Crippen LogP contribution is 2.36. The second-order valence-electron chi connectivity index (χ2n) is 3.79. The first-order chi connectivity index (χ1) is 5.70. The first-order valence-electron chi connectivity index (χ1n) is 4.51. The van der Waals surface area contributed by atoms with Gasteiger partial charge in [0.15, 0.2) is 0 Å². The third-order valence-electron chi connectivity index (χ3n) is 2.75. The summed E-state index contributed by atoms with van der Waals surface area (Å²) in [6.45, 7) is 5.67. The minimum Gasteiger partial charge on any atom is -0.374 e. The van der Waals surface area contributed by atoms with Crippen molar-refractivity contribution in [2.75, 3.05) is 18.5 Å². The summed E-state index contributed by atoms with van der Waals surface area (Å²) >= 11 is 0. The van der Waals surface area contributed by atoms with Crippen LogP contribution in [0.4, 0.5) is 5.69 Å². The predicted molar refractivity (Wildman–Crippen MR) is 52.9 cm³/mol. The van der Waals surface area contributed by atoms with E-state index in [-0.39, 0.29) is 0 Å². The van der Waals surface area contributed by atoms with Crippen molar-refractivity contribution in [3.63, 3.8) is 0 Å². The van der Waals surface area contributed by atoms with Crippen LogP contribution in [0.3, 0.4) is 0 Å². The molecule has 0 N–H and O–H groups in total. The molecule has 1 aromatic rings. The Morgan fingerprint density at radius 2 is 2.17 bits per heavy atom. The molecule has 0 bridgehead atoms. The predicted octanol–water partition coefficient (Wildman–Crippen LogP) is 2.55. The van der Waals surface area contributed by atoms with Gasteiger partial charge in [-0.05, 0) is 24.1 Å². The molecule has 1 unspecified atom stereocenters. The van der Waals surface area contributed by atoms with E-state index in [4.69, 9.17) is 0 Å². The van der Waals surface area contributed by atoms with E-state index in [2.05, 4.69) is 44.0 Å². The van der Waals surface area contributed by atoms with Gasteiger partial charge >= 0.3 is 0 Å². The Balaban J connectivity index is 2.59. The number of anilines is 1. The van der Waals surface area contributed by atoms with Crippen LogP contribution in [0.25, 0.3) is 0 Å². The van der Waals surface area contributed by atoms with Crippen molar-refractivity contribution in [2.45, 2.75) is 19.8 Å². The van der Waals surface area contributed by atoms with Crippen LogP contribution < -0.4 is 4.90 Å².